The van der Waals surface area contributed by atoms with E-state index in [0.717, 1.165) is 25.3 Å². The fraction of sp³-hybridized carbons (Fsp3) is 0.615. The Balaban J connectivity index is 2.46. The van der Waals surface area contributed by atoms with Gasteiger partial charge in [-0.15, -0.1) is 0 Å². The molecule has 0 bridgehead atoms. The zero-order valence-electron chi connectivity index (χ0n) is 11.0. The highest BCUT2D eigenvalue weighted by atomic mass is 16.5. The van der Waals surface area contributed by atoms with Crippen molar-refractivity contribution in [1.29, 1.82) is 0 Å². The third-order valence-electron chi connectivity index (χ3n) is 2.40. The Morgan fingerprint density at radius 2 is 2.24 bits per heavy atom. The number of nitrogens with one attached hydrogen (secondary N) is 2. The molecule has 1 aromatic rings. The van der Waals surface area contributed by atoms with Gasteiger partial charge in [-0.2, -0.15) is 0 Å². The number of hydrogen-bond donors (Lipinski definition) is 2. The van der Waals surface area contributed by atoms with Gasteiger partial charge < -0.3 is 15.4 Å². The van der Waals surface area contributed by atoms with Crippen LogP contribution < -0.4 is 10.6 Å². The summed E-state index contributed by atoms with van der Waals surface area (Å²) in [7, 11) is 1.70. The summed E-state index contributed by atoms with van der Waals surface area (Å²) >= 11 is 0. The Labute approximate surface area is 104 Å². The Bertz CT molecular complexity index is 315. The number of aromatic nitrogens is 1. The molecular weight excluding hydrogens is 214 g/mol. The summed E-state index contributed by atoms with van der Waals surface area (Å²) in [6.07, 6.45) is 3.69. The van der Waals surface area contributed by atoms with E-state index in [-0.39, 0.29) is 0 Å². The van der Waals surface area contributed by atoms with Gasteiger partial charge in [0, 0.05) is 26.4 Å². The molecule has 0 unspecified atom stereocenters. The first-order chi connectivity index (χ1) is 8.24. The number of anilines is 1. The molecule has 1 rings (SSSR count). The van der Waals surface area contributed by atoms with Crippen molar-refractivity contribution < 1.29 is 4.74 Å². The van der Waals surface area contributed by atoms with Gasteiger partial charge in [0.2, 0.25) is 0 Å². The lowest BCUT2D eigenvalue weighted by atomic mass is 10.2. The van der Waals surface area contributed by atoms with E-state index in [9.17, 15) is 0 Å². The van der Waals surface area contributed by atoms with Gasteiger partial charge in [-0.1, -0.05) is 13.8 Å². The van der Waals surface area contributed by atoms with Gasteiger partial charge in [-0.3, -0.25) is 4.98 Å². The molecule has 0 fully saturated rings. The average Bonchev–Trinajstić information content (AvgIpc) is 2.31. The van der Waals surface area contributed by atoms with Crippen LogP contribution >= 0.6 is 0 Å². The molecule has 4 heteroatoms. The lowest BCUT2D eigenvalue weighted by molar-refractivity contribution is 0.210. The maximum absolute atomic E-state index is 5.02. The number of ether oxygens (including phenoxy) is 1. The molecule has 96 valence electrons. The number of methoxy groups -OCH3 is 1. The van der Waals surface area contributed by atoms with Crippen molar-refractivity contribution >= 4 is 5.69 Å². The van der Waals surface area contributed by atoms with Crippen molar-refractivity contribution in [2.45, 2.75) is 20.4 Å². The van der Waals surface area contributed by atoms with Crippen LogP contribution in [0.25, 0.3) is 0 Å². The molecule has 0 amide bonds. The smallest absolute Gasteiger partial charge is 0.0635 e. The monoisotopic (exact) mass is 237 g/mol. The minimum absolute atomic E-state index is 0.668. The van der Waals surface area contributed by atoms with Gasteiger partial charge in [0.1, 0.15) is 0 Å². The molecule has 0 saturated carbocycles. The predicted molar refractivity (Wildman–Crippen MR) is 71.1 cm³/mol. The first kappa shape index (κ1) is 13.9. The average molecular weight is 237 g/mol. The first-order valence-electron chi connectivity index (χ1n) is 6.10. The van der Waals surface area contributed by atoms with Crippen molar-refractivity contribution in [3.8, 4) is 0 Å². The van der Waals surface area contributed by atoms with Gasteiger partial charge in [-0.05, 0) is 24.1 Å². The summed E-state index contributed by atoms with van der Waals surface area (Å²) in [4.78, 5) is 4.14. The molecule has 0 spiro atoms. The summed E-state index contributed by atoms with van der Waals surface area (Å²) in [6.45, 7) is 7.82. The summed E-state index contributed by atoms with van der Waals surface area (Å²) < 4.78 is 5.02. The largest absolute Gasteiger partial charge is 0.383 e. The zero-order valence-corrected chi connectivity index (χ0v) is 11.0. The molecule has 0 aliphatic rings. The van der Waals surface area contributed by atoms with E-state index in [2.05, 4.69) is 29.5 Å². The normalized spacial score (nSPS) is 10.8. The highest BCUT2D eigenvalue weighted by Gasteiger charge is 2.01. The molecular formula is C13H23N3O. The second kappa shape index (κ2) is 8.03. The van der Waals surface area contributed by atoms with Crippen molar-refractivity contribution in [2.24, 2.45) is 5.92 Å². The molecule has 0 aliphatic carbocycles. The summed E-state index contributed by atoms with van der Waals surface area (Å²) in [5.41, 5.74) is 2.33. The molecule has 0 aliphatic heterocycles. The summed E-state index contributed by atoms with van der Waals surface area (Å²) in [6, 6.07) is 2.04. The first-order valence-corrected chi connectivity index (χ1v) is 6.10. The maximum atomic E-state index is 5.02. The van der Waals surface area contributed by atoms with E-state index in [4.69, 9.17) is 4.74 Å². The van der Waals surface area contributed by atoms with E-state index < -0.39 is 0 Å². The maximum Gasteiger partial charge on any atom is 0.0635 e. The molecule has 0 saturated heterocycles. The molecule has 17 heavy (non-hydrogen) atoms. The molecule has 2 N–H and O–H groups in total. The van der Waals surface area contributed by atoms with Crippen LogP contribution in [0.3, 0.4) is 0 Å². The van der Waals surface area contributed by atoms with Gasteiger partial charge in [-0.25, -0.2) is 0 Å². The molecule has 1 aromatic heterocycles. The van der Waals surface area contributed by atoms with E-state index >= 15 is 0 Å². The van der Waals surface area contributed by atoms with Crippen LogP contribution in [0.4, 0.5) is 5.69 Å². The quantitative estimate of drug-likeness (QED) is 0.678. The molecule has 4 nitrogen and oxygen atoms in total. The molecule has 0 aromatic carbocycles. The van der Waals surface area contributed by atoms with E-state index in [0.29, 0.717) is 12.5 Å². The van der Waals surface area contributed by atoms with Crippen molar-refractivity contribution in [1.82, 2.24) is 10.3 Å². The fourth-order valence-electron chi connectivity index (χ4n) is 1.52. The van der Waals surface area contributed by atoms with Crippen LogP contribution in [0.2, 0.25) is 0 Å². The lowest BCUT2D eigenvalue weighted by Gasteiger charge is -2.12. The van der Waals surface area contributed by atoms with Crippen LogP contribution in [0.15, 0.2) is 18.5 Å². The van der Waals surface area contributed by atoms with E-state index in [1.165, 1.54) is 5.56 Å². The Morgan fingerprint density at radius 1 is 1.41 bits per heavy atom. The summed E-state index contributed by atoms with van der Waals surface area (Å²) in [5.74, 6) is 0.668. The highest BCUT2D eigenvalue weighted by molar-refractivity contribution is 5.48. The Hall–Kier alpha value is -1.13. The molecule has 1 heterocycles. The SMILES string of the molecule is COCCNc1cnccc1CNCC(C)C. The fourth-order valence-corrected chi connectivity index (χ4v) is 1.52. The zero-order chi connectivity index (χ0) is 12.5. The Morgan fingerprint density at radius 3 is 2.94 bits per heavy atom. The minimum Gasteiger partial charge on any atom is -0.383 e. The lowest BCUT2D eigenvalue weighted by Crippen LogP contribution is -2.20. The topological polar surface area (TPSA) is 46.2 Å². The van der Waals surface area contributed by atoms with Crippen molar-refractivity contribution in [3.63, 3.8) is 0 Å². The molecule has 0 atom stereocenters. The number of rotatable bonds is 8. The third-order valence-corrected chi connectivity index (χ3v) is 2.40. The van der Waals surface area contributed by atoms with Crippen LogP contribution in [0.5, 0.6) is 0 Å². The Kier molecular flexibility index (Phi) is 6.58. The second-order valence-corrected chi connectivity index (χ2v) is 4.48. The van der Waals surface area contributed by atoms with Crippen molar-refractivity contribution in [3.05, 3.63) is 24.0 Å². The minimum atomic E-state index is 0.668. The second-order valence-electron chi connectivity index (χ2n) is 4.48. The highest BCUT2D eigenvalue weighted by Crippen LogP contribution is 2.12. The standard InChI is InChI=1S/C13H23N3O/c1-11(2)8-15-9-12-4-5-14-10-13(12)16-6-7-17-3/h4-5,10-11,15-16H,6-9H2,1-3H3. The van der Waals surface area contributed by atoms with E-state index in [1.54, 1.807) is 7.11 Å². The third kappa shape index (κ3) is 5.65. The number of nitrogens with zero attached hydrogens (tertiary/aromatic N) is 1. The van der Waals surface area contributed by atoms with Gasteiger partial charge >= 0.3 is 0 Å². The number of hydrogen-bond acceptors (Lipinski definition) is 4. The van der Waals surface area contributed by atoms with Crippen LogP contribution in [-0.4, -0.2) is 31.8 Å². The van der Waals surface area contributed by atoms with Gasteiger partial charge in [0.15, 0.2) is 0 Å². The predicted octanol–water partition coefficient (Wildman–Crippen LogP) is 1.89. The van der Waals surface area contributed by atoms with Gasteiger partial charge in [0.05, 0.1) is 18.5 Å². The van der Waals surface area contributed by atoms with Crippen LogP contribution in [-0.2, 0) is 11.3 Å². The van der Waals surface area contributed by atoms with Crippen LogP contribution in [0, 0.1) is 5.92 Å². The van der Waals surface area contributed by atoms with E-state index in [1.807, 2.05) is 18.5 Å². The van der Waals surface area contributed by atoms with Gasteiger partial charge in [0.25, 0.3) is 0 Å². The number of pyridine rings is 1. The summed E-state index contributed by atoms with van der Waals surface area (Å²) in [5, 5.41) is 6.76. The van der Waals surface area contributed by atoms with Crippen LogP contribution in [0.1, 0.15) is 19.4 Å². The molecule has 0 radical (unpaired) electrons. The van der Waals surface area contributed by atoms with Crippen molar-refractivity contribution in [2.75, 3.05) is 32.1 Å².